The highest BCUT2D eigenvalue weighted by Gasteiger charge is 2.32. The van der Waals surface area contributed by atoms with Gasteiger partial charge < -0.3 is 10.6 Å². The molecule has 2 heterocycles. The Labute approximate surface area is 203 Å². The summed E-state index contributed by atoms with van der Waals surface area (Å²) in [5.74, 6) is 0.158. The van der Waals surface area contributed by atoms with Crippen molar-refractivity contribution in [3.8, 4) is 0 Å². The highest BCUT2D eigenvalue weighted by atomic mass is 32.1. The molecule has 1 aliphatic rings. The van der Waals surface area contributed by atoms with E-state index in [4.69, 9.17) is 0 Å². The molecule has 2 N–H and O–H groups in total. The lowest BCUT2D eigenvalue weighted by atomic mass is 9.72. The van der Waals surface area contributed by atoms with Crippen molar-refractivity contribution in [1.82, 2.24) is 9.55 Å². The van der Waals surface area contributed by atoms with E-state index < -0.39 is 6.04 Å². The van der Waals surface area contributed by atoms with Crippen molar-refractivity contribution < 1.29 is 9.59 Å². The molecule has 8 heteroatoms. The maximum atomic E-state index is 13.6. The van der Waals surface area contributed by atoms with Gasteiger partial charge in [-0.15, -0.1) is 11.3 Å². The van der Waals surface area contributed by atoms with E-state index in [2.05, 4.69) is 36.4 Å². The third-order valence-corrected chi connectivity index (χ3v) is 7.88. The van der Waals surface area contributed by atoms with Gasteiger partial charge in [0.1, 0.15) is 10.9 Å². The molecule has 0 radical (unpaired) electrons. The SMILES string of the molecule is CCC(C(=O)Nc1ccc(NC(C)=O)cc1)n1cnc2sc3c(c2c1=O)CCC(C(C)(C)C)C3. The third kappa shape index (κ3) is 4.78. The Bertz CT molecular complexity index is 1280. The zero-order valence-electron chi connectivity index (χ0n) is 20.4. The number of rotatable bonds is 5. The first-order valence-electron chi connectivity index (χ1n) is 11.8. The number of carbonyl (C=O) groups is 2. The van der Waals surface area contributed by atoms with Crippen LogP contribution in [0.15, 0.2) is 35.4 Å². The van der Waals surface area contributed by atoms with E-state index in [0.29, 0.717) is 29.1 Å². The Balaban J connectivity index is 1.60. The van der Waals surface area contributed by atoms with E-state index in [1.54, 1.807) is 35.6 Å². The highest BCUT2D eigenvalue weighted by molar-refractivity contribution is 7.18. The smallest absolute Gasteiger partial charge is 0.263 e. The summed E-state index contributed by atoms with van der Waals surface area (Å²) in [5.41, 5.74) is 2.46. The Morgan fingerprint density at radius 1 is 1.18 bits per heavy atom. The van der Waals surface area contributed by atoms with Crippen LogP contribution >= 0.6 is 11.3 Å². The number of anilines is 2. The monoisotopic (exact) mass is 480 g/mol. The molecule has 0 saturated heterocycles. The van der Waals surface area contributed by atoms with Gasteiger partial charge >= 0.3 is 0 Å². The zero-order valence-corrected chi connectivity index (χ0v) is 21.2. The number of aromatic nitrogens is 2. The Hall–Kier alpha value is -3.00. The molecule has 34 heavy (non-hydrogen) atoms. The molecular formula is C26H32N4O3S. The molecule has 0 spiro atoms. The molecule has 180 valence electrons. The van der Waals surface area contributed by atoms with Crippen molar-refractivity contribution in [2.45, 2.75) is 66.3 Å². The van der Waals surface area contributed by atoms with Gasteiger partial charge in [0.25, 0.3) is 5.56 Å². The standard InChI is InChI=1S/C26H32N4O3S/c1-6-20(23(32)29-18-10-8-17(9-11-18)28-15(2)31)30-14-27-24-22(25(30)33)19-12-7-16(26(3,4)5)13-21(19)34-24/h8-11,14,16,20H,6-7,12-13H2,1-5H3,(H,28,31)(H,29,32). The number of thiophene rings is 1. The fourth-order valence-corrected chi connectivity index (χ4v) is 5.97. The van der Waals surface area contributed by atoms with Gasteiger partial charge in [-0.05, 0) is 66.8 Å². The summed E-state index contributed by atoms with van der Waals surface area (Å²) in [6, 6.07) is 6.23. The van der Waals surface area contributed by atoms with Crippen molar-refractivity contribution >= 4 is 44.7 Å². The lowest BCUT2D eigenvalue weighted by molar-refractivity contribution is -0.119. The summed E-state index contributed by atoms with van der Waals surface area (Å²) in [5, 5.41) is 6.27. The maximum absolute atomic E-state index is 13.6. The van der Waals surface area contributed by atoms with Gasteiger partial charge in [-0.25, -0.2) is 4.98 Å². The zero-order chi connectivity index (χ0) is 24.6. The summed E-state index contributed by atoms with van der Waals surface area (Å²) in [4.78, 5) is 44.5. The molecule has 2 amide bonds. The van der Waals surface area contributed by atoms with Gasteiger partial charge in [0, 0.05) is 23.2 Å². The van der Waals surface area contributed by atoms with Crippen LogP contribution in [0.2, 0.25) is 0 Å². The predicted octanol–water partition coefficient (Wildman–Crippen LogP) is 5.16. The van der Waals surface area contributed by atoms with Crippen LogP contribution < -0.4 is 16.2 Å². The lowest BCUT2D eigenvalue weighted by Gasteiger charge is -2.33. The fourth-order valence-electron chi connectivity index (χ4n) is 4.71. The van der Waals surface area contributed by atoms with E-state index in [-0.39, 0.29) is 22.8 Å². The lowest BCUT2D eigenvalue weighted by Crippen LogP contribution is -2.33. The molecule has 3 aromatic rings. The average Bonchev–Trinajstić information content (AvgIpc) is 3.15. The van der Waals surface area contributed by atoms with Crippen LogP contribution in [0.1, 0.15) is 63.9 Å². The van der Waals surface area contributed by atoms with Gasteiger partial charge in [-0.2, -0.15) is 0 Å². The first-order valence-corrected chi connectivity index (χ1v) is 12.6. The van der Waals surface area contributed by atoms with Crippen LogP contribution in [0.25, 0.3) is 10.2 Å². The molecule has 0 bridgehead atoms. The first-order chi connectivity index (χ1) is 16.1. The van der Waals surface area contributed by atoms with Crippen molar-refractivity contribution in [3.05, 3.63) is 51.4 Å². The number of aryl methyl sites for hydroxylation is 1. The molecule has 2 atom stereocenters. The number of hydrogen-bond acceptors (Lipinski definition) is 5. The molecular weight excluding hydrogens is 448 g/mol. The molecule has 2 unspecified atom stereocenters. The minimum absolute atomic E-state index is 0.139. The second kappa shape index (κ2) is 9.33. The number of benzene rings is 1. The van der Waals surface area contributed by atoms with Crippen molar-refractivity contribution in [1.29, 1.82) is 0 Å². The second-order valence-corrected chi connectivity index (χ2v) is 11.2. The molecule has 0 fully saturated rings. The van der Waals surface area contributed by atoms with Gasteiger partial charge in [-0.3, -0.25) is 19.0 Å². The normalized spacial score (nSPS) is 16.7. The maximum Gasteiger partial charge on any atom is 0.263 e. The number of carbonyl (C=O) groups excluding carboxylic acids is 2. The van der Waals surface area contributed by atoms with E-state index in [9.17, 15) is 14.4 Å². The summed E-state index contributed by atoms with van der Waals surface area (Å²) in [6.07, 6.45) is 4.89. The third-order valence-electron chi connectivity index (χ3n) is 6.72. The second-order valence-electron chi connectivity index (χ2n) is 10.1. The van der Waals surface area contributed by atoms with Crippen LogP contribution in [0.4, 0.5) is 11.4 Å². The topological polar surface area (TPSA) is 93.1 Å². The highest BCUT2D eigenvalue weighted by Crippen LogP contribution is 2.42. The molecule has 1 aromatic carbocycles. The van der Waals surface area contributed by atoms with Crippen LogP contribution in [-0.4, -0.2) is 21.4 Å². The van der Waals surface area contributed by atoms with Crippen molar-refractivity contribution in [2.75, 3.05) is 10.6 Å². The van der Waals surface area contributed by atoms with E-state index >= 15 is 0 Å². The molecule has 7 nitrogen and oxygen atoms in total. The predicted molar refractivity (Wildman–Crippen MR) is 138 cm³/mol. The fraction of sp³-hybridized carbons (Fsp3) is 0.462. The number of hydrogen-bond donors (Lipinski definition) is 2. The molecule has 0 aliphatic heterocycles. The van der Waals surface area contributed by atoms with E-state index in [0.717, 1.165) is 29.7 Å². The van der Waals surface area contributed by atoms with Crippen LogP contribution in [-0.2, 0) is 22.4 Å². The molecule has 4 rings (SSSR count). The quantitative estimate of drug-likeness (QED) is 0.528. The number of fused-ring (bicyclic) bond motifs is 3. The van der Waals surface area contributed by atoms with Crippen LogP contribution in [0.5, 0.6) is 0 Å². The van der Waals surface area contributed by atoms with Gasteiger partial charge in [0.15, 0.2) is 0 Å². The van der Waals surface area contributed by atoms with E-state index in [1.807, 2.05) is 6.92 Å². The summed E-state index contributed by atoms with van der Waals surface area (Å²) < 4.78 is 1.48. The van der Waals surface area contributed by atoms with Crippen molar-refractivity contribution in [3.63, 3.8) is 0 Å². The largest absolute Gasteiger partial charge is 0.326 e. The summed E-state index contributed by atoms with van der Waals surface area (Å²) in [7, 11) is 0. The Kier molecular flexibility index (Phi) is 6.62. The van der Waals surface area contributed by atoms with E-state index in [1.165, 1.54) is 22.7 Å². The van der Waals surface area contributed by atoms with Gasteiger partial charge in [0.05, 0.1) is 11.7 Å². The summed E-state index contributed by atoms with van der Waals surface area (Å²) in [6.45, 7) is 10.2. The molecule has 2 aromatic heterocycles. The Morgan fingerprint density at radius 2 is 1.82 bits per heavy atom. The van der Waals surface area contributed by atoms with Crippen LogP contribution in [0, 0.1) is 11.3 Å². The minimum atomic E-state index is -0.666. The van der Waals surface area contributed by atoms with Crippen LogP contribution in [0.3, 0.4) is 0 Å². The first kappa shape index (κ1) is 24.1. The number of amides is 2. The van der Waals surface area contributed by atoms with Crippen molar-refractivity contribution in [2.24, 2.45) is 11.3 Å². The number of nitrogens with one attached hydrogen (secondary N) is 2. The number of nitrogens with zero attached hydrogens (tertiary/aromatic N) is 2. The molecule has 1 aliphatic carbocycles. The Morgan fingerprint density at radius 3 is 2.41 bits per heavy atom. The van der Waals surface area contributed by atoms with Gasteiger partial charge in [0.2, 0.25) is 11.8 Å². The molecule has 0 saturated carbocycles. The average molecular weight is 481 g/mol. The minimum Gasteiger partial charge on any atom is -0.326 e. The van der Waals surface area contributed by atoms with Gasteiger partial charge in [-0.1, -0.05) is 27.7 Å². The summed E-state index contributed by atoms with van der Waals surface area (Å²) >= 11 is 1.62.